The van der Waals surface area contributed by atoms with Crippen LogP contribution in [-0.4, -0.2) is 33.7 Å². The van der Waals surface area contributed by atoms with Gasteiger partial charge in [0.1, 0.15) is 12.4 Å². The van der Waals surface area contributed by atoms with Crippen LogP contribution in [0, 0.1) is 20.8 Å². The van der Waals surface area contributed by atoms with E-state index in [1.54, 1.807) is 24.3 Å². The molecule has 0 aromatic heterocycles. The molecule has 7 heteroatoms. The summed E-state index contributed by atoms with van der Waals surface area (Å²) in [6.07, 6.45) is 1.23. The Morgan fingerprint density at radius 3 is 2.25 bits per heavy atom. The number of benzene rings is 3. The number of para-hydroxylation sites is 1. The van der Waals surface area contributed by atoms with Crippen LogP contribution in [0.2, 0.25) is 0 Å². The molecule has 0 aliphatic rings. The van der Waals surface area contributed by atoms with E-state index in [1.807, 2.05) is 50.2 Å². The van der Waals surface area contributed by atoms with E-state index in [0.717, 1.165) is 33.7 Å². The van der Waals surface area contributed by atoms with Crippen LogP contribution in [0.5, 0.6) is 5.75 Å². The SMILES string of the molecule is Cc1ccc(OCCNC(=O)c2ccc(CN(c3c(C)cccc3C(C)C)S(C)(=O)=O)cc2)cc1C. The second kappa shape index (κ2) is 11.6. The Labute approximate surface area is 215 Å². The molecule has 0 heterocycles. The largest absolute Gasteiger partial charge is 0.492 e. The lowest BCUT2D eigenvalue weighted by atomic mass is 9.98. The van der Waals surface area contributed by atoms with Crippen molar-refractivity contribution in [2.24, 2.45) is 0 Å². The molecule has 0 radical (unpaired) electrons. The molecule has 3 aromatic rings. The molecule has 0 aliphatic heterocycles. The van der Waals surface area contributed by atoms with Gasteiger partial charge < -0.3 is 10.1 Å². The van der Waals surface area contributed by atoms with E-state index in [1.165, 1.54) is 16.1 Å². The number of nitrogens with zero attached hydrogens (tertiary/aromatic N) is 1. The zero-order valence-corrected chi connectivity index (χ0v) is 22.8. The Balaban J connectivity index is 1.65. The van der Waals surface area contributed by atoms with Gasteiger partial charge in [0.2, 0.25) is 10.0 Å². The number of hydrogen-bond acceptors (Lipinski definition) is 4. The first-order valence-corrected chi connectivity index (χ1v) is 14.0. The summed E-state index contributed by atoms with van der Waals surface area (Å²) in [4.78, 5) is 12.6. The monoisotopic (exact) mass is 508 g/mol. The van der Waals surface area contributed by atoms with Gasteiger partial charge in [-0.15, -0.1) is 0 Å². The number of anilines is 1. The van der Waals surface area contributed by atoms with Gasteiger partial charge in [-0.25, -0.2) is 8.42 Å². The number of aryl methyl sites for hydroxylation is 3. The van der Waals surface area contributed by atoms with E-state index >= 15 is 0 Å². The summed E-state index contributed by atoms with van der Waals surface area (Å²) in [6, 6.07) is 18.8. The number of rotatable bonds is 10. The molecule has 6 nitrogen and oxygen atoms in total. The highest BCUT2D eigenvalue weighted by atomic mass is 32.2. The smallest absolute Gasteiger partial charge is 0.251 e. The maximum atomic E-state index is 12.8. The number of hydrogen-bond donors (Lipinski definition) is 1. The van der Waals surface area contributed by atoms with Crippen LogP contribution >= 0.6 is 0 Å². The molecule has 3 rings (SSSR count). The minimum atomic E-state index is -3.52. The Hall–Kier alpha value is -3.32. The molecule has 0 atom stereocenters. The lowest BCUT2D eigenvalue weighted by molar-refractivity contribution is 0.0947. The van der Waals surface area contributed by atoms with Gasteiger partial charge in [-0.05, 0) is 78.8 Å². The van der Waals surface area contributed by atoms with Crippen LogP contribution in [0.25, 0.3) is 0 Å². The van der Waals surface area contributed by atoms with Crippen molar-refractivity contribution < 1.29 is 17.9 Å². The van der Waals surface area contributed by atoms with Gasteiger partial charge in [-0.2, -0.15) is 0 Å². The maximum absolute atomic E-state index is 12.8. The van der Waals surface area contributed by atoms with Gasteiger partial charge in [-0.1, -0.05) is 50.2 Å². The molecule has 0 saturated carbocycles. The molecular formula is C29H36N2O4S. The van der Waals surface area contributed by atoms with E-state index < -0.39 is 10.0 Å². The summed E-state index contributed by atoms with van der Waals surface area (Å²) >= 11 is 0. The van der Waals surface area contributed by atoms with Crippen molar-refractivity contribution in [3.8, 4) is 5.75 Å². The molecule has 192 valence electrons. The average Bonchev–Trinajstić information content (AvgIpc) is 2.82. The van der Waals surface area contributed by atoms with Crippen LogP contribution in [-0.2, 0) is 16.6 Å². The first-order chi connectivity index (χ1) is 17.0. The number of ether oxygens (including phenoxy) is 1. The van der Waals surface area contributed by atoms with Crippen molar-refractivity contribution in [1.82, 2.24) is 5.32 Å². The number of sulfonamides is 1. The van der Waals surface area contributed by atoms with Gasteiger partial charge in [0, 0.05) is 5.56 Å². The normalized spacial score (nSPS) is 11.4. The first-order valence-electron chi connectivity index (χ1n) is 12.1. The van der Waals surface area contributed by atoms with E-state index in [9.17, 15) is 13.2 Å². The number of carbonyl (C=O) groups excluding carboxylic acids is 1. The standard InChI is InChI=1S/C29H36N2O4S/c1-20(2)27-9-7-8-22(4)28(27)31(36(6,33)34)19-24-11-13-25(14-12-24)29(32)30-16-17-35-26-15-10-21(3)23(5)18-26/h7-15,18,20H,16-17,19H2,1-6H3,(H,30,32). The van der Waals surface area contributed by atoms with E-state index in [2.05, 4.69) is 26.1 Å². The van der Waals surface area contributed by atoms with Crippen molar-refractivity contribution in [2.45, 2.75) is 47.1 Å². The second-order valence-corrected chi connectivity index (χ2v) is 11.4. The fourth-order valence-electron chi connectivity index (χ4n) is 4.02. The second-order valence-electron chi connectivity index (χ2n) is 9.48. The quantitative estimate of drug-likeness (QED) is 0.367. The maximum Gasteiger partial charge on any atom is 0.251 e. The Morgan fingerprint density at radius 2 is 1.64 bits per heavy atom. The molecule has 1 amide bonds. The Morgan fingerprint density at radius 1 is 0.944 bits per heavy atom. The molecule has 0 unspecified atom stereocenters. The minimum Gasteiger partial charge on any atom is -0.492 e. The van der Waals surface area contributed by atoms with Crippen molar-refractivity contribution in [3.63, 3.8) is 0 Å². The summed E-state index contributed by atoms with van der Waals surface area (Å²) in [6.45, 7) is 11.1. The molecule has 0 fully saturated rings. The Kier molecular flexibility index (Phi) is 8.79. The highest BCUT2D eigenvalue weighted by molar-refractivity contribution is 7.92. The summed E-state index contributed by atoms with van der Waals surface area (Å²) in [5.74, 6) is 0.752. The third kappa shape index (κ3) is 6.88. The molecular weight excluding hydrogens is 472 g/mol. The molecule has 36 heavy (non-hydrogen) atoms. The topological polar surface area (TPSA) is 75.7 Å². The van der Waals surface area contributed by atoms with Crippen LogP contribution in [0.1, 0.15) is 57.9 Å². The number of carbonyl (C=O) groups is 1. The summed E-state index contributed by atoms with van der Waals surface area (Å²) < 4.78 is 32.7. The first kappa shape index (κ1) is 27.3. The molecule has 1 N–H and O–H groups in total. The number of amides is 1. The molecule has 3 aromatic carbocycles. The lowest BCUT2D eigenvalue weighted by Gasteiger charge is -2.28. The van der Waals surface area contributed by atoms with Gasteiger partial charge in [0.15, 0.2) is 0 Å². The zero-order chi connectivity index (χ0) is 26.5. The Bertz CT molecular complexity index is 1320. The highest BCUT2D eigenvalue weighted by Crippen LogP contribution is 2.33. The van der Waals surface area contributed by atoms with Crippen molar-refractivity contribution in [2.75, 3.05) is 23.7 Å². The summed E-state index contributed by atoms with van der Waals surface area (Å²) in [5.41, 5.74) is 6.29. The van der Waals surface area contributed by atoms with Gasteiger partial charge in [0.25, 0.3) is 5.91 Å². The molecule has 0 aliphatic carbocycles. The van der Waals surface area contributed by atoms with Crippen LogP contribution in [0.4, 0.5) is 5.69 Å². The minimum absolute atomic E-state index is 0.175. The van der Waals surface area contributed by atoms with Crippen LogP contribution in [0.3, 0.4) is 0 Å². The van der Waals surface area contributed by atoms with Crippen molar-refractivity contribution in [3.05, 3.63) is 94.0 Å². The lowest BCUT2D eigenvalue weighted by Crippen LogP contribution is -2.31. The van der Waals surface area contributed by atoms with Crippen LogP contribution in [0.15, 0.2) is 60.7 Å². The predicted octanol–water partition coefficient (Wildman–Crippen LogP) is 5.51. The van der Waals surface area contributed by atoms with Gasteiger partial charge >= 0.3 is 0 Å². The third-order valence-corrected chi connectivity index (χ3v) is 7.33. The fourth-order valence-corrected chi connectivity index (χ4v) is 4.98. The highest BCUT2D eigenvalue weighted by Gasteiger charge is 2.23. The predicted molar refractivity (Wildman–Crippen MR) is 146 cm³/mol. The van der Waals surface area contributed by atoms with Crippen molar-refractivity contribution >= 4 is 21.6 Å². The van der Waals surface area contributed by atoms with E-state index in [4.69, 9.17) is 4.74 Å². The van der Waals surface area contributed by atoms with Crippen LogP contribution < -0.4 is 14.4 Å². The van der Waals surface area contributed by atoms with E-state index in [-0.39, 0.29) is 18.4 Å². The zero-order valence-electron chi connectivity index (χ0n) is 22.0. The summed E-state index contributed by atoms with van der Waals surface area (Å²) in [5, 5.41) is 2.86. The fraction of sp³-hybridized carbons (Fsp3) is 0.345. The third-order valence-electron chi connectivity index (χ3n) is 6.22. The van der Waals surface area contributed by atoms with Gasteiger partial charge in [-0.3, -0.25) is 9.10 Å². The van der Waals surface area contributed by atoms with E-state index in [0.29, 0.717) is 18.7 Å². The molecule has 0 saturated heterocycles. The van der Waals surface area contributed by atoms with Gasteiger partial charge in [0.05, 0.1) is 25.0 Å². The molecule has 0 bridgehead atoms. The molecule has 0 spiro atoms. The summed E-state index contributed by atoms with van der Waals surface area (Å²) in [7, 11) is -3.52. The number of nitrogens with one attached hydrogen (secondary N) is 1. The van der Waals surface area contributed by atoms with Crippen molar-refractivity contribution in [1.29, 1.82) is 0 Å². The average molecular weight is 509 g/mol.